The number of hydrogen-bond donors (Lipinski definition) is 4. The van der Waals surface area contributed by atoms with Crippen molar-refractivity contribution in [3.05, 3.63) is 23.8 Å². The lowest BCUT2D eigenvalue weighted by atomic mass is 9.74. The van der Waals surface area contributed by atoms with Crippen LogP contribution in [-0.4, -0.2) is 125 Å². The number of fused-ring (bicyclic) bond motifs is 6. The van der Waals surface area contributed by atoms with E-state index in [0.717, 1.165) is 5.56 Å². The van der Waals surface area contributed by atoms with E-state index in [1.165, 1.54) is 13.8 Å². The van der Waals surface area contributed by atoms with Crippen LogP contribution in [0, 0.1) is 23.7 Å². The number of Topliss-reactive ketones (excluding diaryl/α,β-unsaturated/α-hetero) is 2. The number of carbonyl (C=O) groups is 3. The Morgan fingerprint density at radius 1 is 1.05 bits per heavy atom. The number of hydrogen-bond acceptors (Lipinski definition) is 16. The van der Waals surface area contributed by atoms with Gasteiger partial charge in [-0.1, -0.05) is 33.8 Å². The van der Waals surface area contributed by atoms with Gasteiger partial charge >= 0.3 is 5.97 Å². The van der Waals surface area contributed by atoms with Crippen LogP contribution in [-0.2, 0) is 49.5 Å². The molecule has 1 aromatic carbocycles. The van der Waals surface area contributed by atoms with Gasteiger partial charge in [0.2, 0.25) is 0 Å². The molecule has 2 bridgehead atoms. The maximum atomic E-state index is 14.4. The number of oxazole rings is 1. The molecule has 3 saturated heterocycles. The highest BCUT2D eigenvalue weighted by Gasteiger charge is 2.53. The van der Waals surface area contributed by atoms with Gasteiger partial charge in [-0.2, -0.15) is 10.5 Å². The molecule has 14 atom stereocenters. The van der Waals surface area contributed by atoms with Crippen molar-refractivity contribution in [3.8, 4) is 0 Å². The fraction of sp³-hybridized carbons (Fsp3) is 0.750. The van der Waals surface area contributed by atoms with Crippen molar-refractivity contribution >= 4 is 34.7 Å². The number of nitrogens with zero attached hydrogens (tertiary/aromatic N) is 2. The Morgan fingerprint density at radius 2 is 1.77 bits per heavy atom. The highest BCUT2D eigenvalue weighted by molar-refractivity contribution is 6.00. The highest BCUT2D eigenvalue weighted by atomic mass is 16.7. The molecule has 0 amide bonds. The number of nitrogens with two attached hydrogens (primary N) is 1. The van der Waals surface area contributed by atoms with Gasteiger partial charge in [-0.3, -0.25) is 19.2 Å². The average Bonchev–Trinajstić information content (AvgIpc) is 3.52. The fourth-order valence-corrected chi connectivity index (χ4v) is 8.62. The maximum Gasteiger partial charge on any atom is 0.316 e. The molecule has 1 unspecified atom stereocenters. The van der Waals surface area contributed by atoms with Crippen LogP contribution in [0.25, 0.3) is 11.1 Å². The summed E-state index contributed by atoms with van der Waals surface area (Å²) >= 11 is 0. The summed E-state index contributed by atoms with van der Waals surface area (Å²) in [5.74, 6) is -5.38. The van der Waals surface area contributed by atoms with E-state index in [4.69, 9.17) is 38.7 Å². The Morgan fingerprint density at radius 3 is 2.45 bits per heavy atom. The number of aliphatic hydroxyl groups is 2. The topological polar surface area (TPSA) is 214 Å². The molecule has 0 saturated carbocycles. The van der Waals surface area contributed by atoms with Gasteiger partial charge < -0.3 is 48.9 Å². The number of likely N-dealkylation sites (N-methyl/N-ethyl adjacent to an activating group) is 1. The lowest BCUT2D eigenvalue weighted by molar-refractivity contribution is -0.298. The van der Waals surface area contributed by atoms with E-state index < -0.39 is 83.4 Å². The first kappa shape index (κ1) is 44.1. The van der Waals surface area contributed by atoms with Crippen molar-refractivity contribution in [3.63, 3.8) is 0 Å². The van der Waals surface area contributed by atoms with E-state index in [2.05, 4.69) is 10.5 Å². The molecule has 4 heterocycles. The summed E-state index contributed by atoms with van der Waals surface area (Å²) in [6, 6.07) is 4.40. The summed E-state index contributed by atoms with van der Waals surface area (Å²) in [4.78, 5) is 54.6. The quantitative estimate of drug-likeness (QED) is 0.172. The van der Waals surface area contributed by atoms with Crippen LogP contribution in [0.5, 0.6) is 0 Å². The van der Waals surface area contributed by atoms with Gasteiger partial charge in [0.15, 0.2) is 17.7 Å². The molecule has 5 N–H and O–H groups in total. The zero-order valence-corrected chi connectivity index (χ0v) is 34.4. The molecule has 3 aliphatic heterocycles. The second-order valence-corrected chi connectivity index (χ2v) is 16.7. The Labute approximate surface area is 329 Å². The number of aliphatic hydroxyl groups excluding tert-OH is 1. The molecule has 5 rings (SSSR count). The van der Waals surface area contributed by atoms with Crippen molar-refractivity contribution in [2.75, 3.05) is 33.0 Å². The predicted octanol–water partition coefficient (Wildman–Crippen LogP) is 2.94. The van der Waals surface area contributed by atoms with Gasteiger partial charge in [0, 0.05) is 23.8 Å². The normalized spacial score (nSPS) is 39.6. The maximum absolute atomic E-state index is 14.4. The Bertz CT molecular complexity index is 1690. The van der Waals surface area contributed by atoms with E-state index in [0.29, 0.717) is 17.5 Å². The summed E-state index contributed by atoms with van der Waals surface area (Å²) in [7, 11) is 3.72. The Hall–Kier alpha value is -3.06. The minimum Gasteiger partial charge on any atom is -0.459 e. The number of ether oxygens (including phenoxy) is 5. The number of hydroxylamine groups is 1. The Kier molecular flexibility index (Phi) is 14.0. The molecule has 3 fully saturated rings. The van der Waals surface area contributed by atoms with E-state index in [1.807, 2.05) is 32.0 Å². The third kappa shape index (κ3) is 9.45. The average molecular weight is 791 g/mol. The minimum absolute atomic E-state index is 0.0539. The van der Waals surface area contributed by atoms with Gasteiger partial charge in [-0.15, -0.1) is 0 Å². The molecule has 0 spiro atoms. The largest absolute Gasteiger partial charge is 0.459 e. The van der Waals surface area contributed by atoms with Gasteiger partial charge in [0.1, 0.15) is 35.0 Å². The third-order valence-electron chi connectivity index (χ3n) is 11.8. The number of ketones is 2. The number of cyclic esters (lactones) is 1. The fourth-order valence-electron chi connectivity index (χ4n) is 8.62. The lowest BCUT2D eigenvalue weighted by Crippen LogP contribution is -2.60. The number of carbonyl (C=O) groups excluding carboxylic acids is 3. The summed E-state index contributed by atoms with van der Waals surface area (Å²) in [5, 5.41) is 23.7. The molecule has 16 heteroatoms. The first-order chi connectivity index (χ1) is 26.3. The summed E-state index contributed by atoms with van der Waals surface area (Å²) in [5.41, 5.74) is 7.41. The molecule has 1 aromatic heterocycles. The molecule has 2 aromatic rings. The second-order valence-electron chi connectivity index (χ2n) is 16.7. The number of benzene rings is 1. The van der Waals surface area contributed by atoms with Crippen molar-refractivity contribution in [2.24, 2.45) is 23.7 Å². The summed E-state index contributed by atoms with van der Waals surface area (Å²) in [6.07, 6.45) is -5.16. The van der Waals surface area contributed by atoms with Crippen LogP contribution in [0.2, 0.25) is 0 Å². The molecular formula is C40H62N4O12. The van der Waals surface area contributed by atoms with Gasteiger partial charge in [-0.05, 0) is 78.7 Å². The van der Waals surface area contributed by atoms with Crippen LogP contribution < -0.4 is 11.2 Å². The second kappa shape index (κ2) is 17.8. The van der Waals surface area contributed by atoms with E-state index in [-0.39, 0.29) is 56.6 Å². The predicted molar refractivity (Wildman–Crippen MR) is 204 cm³/mol. The lowest BCUT2D eigenvalue weighted by Gasteiger charge is -2.47. The van der Waals surface area contributed by atoms with E-state index in [9.17, 15) is 24.6 Å². The summed E-state index contributed by atoms with van der Waals surface area (Å²) in [6.45, 7) is 13.4. The molecular weight excluding hydrogens is 728 g/mol. The molecule has 3 aliphatic rings. The van der Waals surface area contributed by atoms with E-state index >= 15 is 0 Å². The number of aromatic nitrogens is 1. The first-order valence-electron chi connectivity index (χ1n) is 19.7. The monoisotopic (exact) mass is 790 g/mol. The smallest absolute Gasteiger partial charge is 0.316 e. The highest BCUT2D eigenvalue weighted by Crippen LogP contribution is 2.40. The van der Waals surface area contributed by atoms with Gasteiger partial charge in [0.25, 0.3) is 6.01 Å². The number of esters is 1. The van der Waals surface area contributed by atoms with Crippen molar-refractivity contribution < 1.29 is 57.5 Å². The van der Waals surface area contributed by atoms with Crippen molar-refractivity contribution in [1.82, 2.24) is 15.4 Å². The minimum atomic E-state index is -1.85. The van der Waals surface area contributed by atoms with Crippen LogP contribution in [0.4, 0.5) is 6.01 Å². The van der Waals surface area contributed by atoms with Crippen LogP contribution in [0.3, 0.4) is 0 Å². The third-order valence-corrected chi connectivity index (χ3v) is 11.8. The molecule has 314 valence electrons. The number of rotatable bonds is 8. The van der Waals surface area contributed by atoms with Gasteiger partial charge in [-0.25, -0.2) is 0 Å². The molecule has 56 heavy (non-hydrogen) atoms. The Balaban J connectivity index is 1.56. The van der Waals surface area contributed by atoms with Crippen LogP contribution in [0.15, 0.2) is 22.6 Å². The van der Waals surface area contributed by atoms with Gasteiger partial charge in [0.05, 0.1) is 49.8 Å². The first-order valence-corrected chi connectivity index (χ1v) is 19.7. The van der Waals surface area contributed by atoms with Crippen LogP contribution in [0.1, 0.15) is 80.2 Å². The number of anilines is 1. The van der Waals surface area contributed by atoms with Crippen molar-refractivity contribution in [1.29, 1.82) is 0 Å². The van der Waals surface area contributed by atoms with Crippen LogP contribution >= 0.6 is 0 Å². The standard InChI is InChI=1S/C40H62N4O12/c1-11-30-40(8,49)35-22(4)31(45)20(2)16-39(7,51-19-26(18-50-35)43-52-17-25-12-13-29-27(15-25)42-38(41)54-29)34(23(5)32(46)24(6)36(48)55-30)56-37-33(47)28(44(9)10)14-21(3)53-37/h12-13,15,20-24,26,28,30,33-35,37,43,47,49H,11,14,16-19H2,1-10H3,(H2,41,42)/t20-,21-,22+,23+,24-,26?,28+,30-,33-,34-,35-,37+,39-,40-/m1/s1. The number of nitrogens with one attached hydrogen (secondary N) is 1. The molecule has 16 nitrogen and oxygen atoms in total. The molecule has 0 radical (unpaired) electrons. The zero-order valence-electron chi connectivity index (χ0n) is 34.4. The zero-order chi connectivity index (χ0) is 41.3. The van der Waals surface area contributed by atoms with E-state index in [1.54, 1.807) is 46.8 Å². The number of nitrogen functional groups attached to an aromatic ring is 1. The summed E-state index contributed by atoms with van der Waals surface area (Å²) < 4.78 is 37.5. The van der Waals surface area contributed by atoms with Crippen molar-refractivity contribution in [2.45, 2.75) is 141 Å². The SMILES string of the molecule is CC[C@H]1OC(=O)[C@H](C)C(=O)[C@H](C)[C@@H](O[C@@H]2O[C@H](C)C[C@H](N(C)C)[C@H]2O)[C@@]2(C)C[C@@H](C)C(=O)[C@H](C)[C@@H](OCC(NOCc3ccc4oc(N)nc4c3)CO2)[C@]1(C)O. The molecule has 0 aliphatic carbocycles.